The second-order valence-electron chi connectivity index (χ2n) is 6.30. The van der Waals surface area contributed by atoms with E-state index in [1.165, 1.54) is 6.26 Å². The number of carbonyl (C=O) groups is 1. The number of carbonyl (C=O) groups excluding carboxylic acids is 1. The van der Waals surface area contributed by atoms with Gasteiger partial charge in [0.15, 0.2) is 0 Å². The zero-order valence-electron chi connectivity index (χ0n) is 12.3. The molecule has 1 saturated heterocycles. The van der Waals surface area contributed by atoms with Gasteiger partial charge in [-0.2, -0.15) is 0 Å². The Bertz CT molecular complexity index is 479. The van der Waals surface area contributed by atoms with Crippen molar-refractivity contribution >= 4 is 15.7 Å². The van der Waals surface area contributed by atoms with E-state index in [1.54, 1.807) is 0 Å². The second-order valence-corrected chi connectivity index (χ2v) is 8.63. The van der Waals surface area contributed by atoms with Crippen molar-refractivity contribution in [3.63, 3.8) is 0 Å². The highest BCUT2D eigenvalue weighted by Crippen LogP contribution is 2.46. The average Bonchev–Trinajstić information content (AvgIpc) is 2.58. The summed E-state index contributed by atoms with van der Waals surface area (Å²) in [5, 5.41) is -0.281. The highest BCUT2D eigenvalue weighted by Gasteiger charge is 2.45. The lowest BCUT2D eigenvalue weighted by Gasteiger charge is -2.43. The first kappa shape index (κ1) is 15.5. The van der Waals surface area contributed by atoms with Crippen LogP contribution < -0.4 is 0 Å². The molecule has 0 aromatic carbocycles. The van der Waals surface area contributed by atoms with Crippen LogP contribution in [-0.4, -0.2) is 43.8 Å². The van der Waals surface area contributed by atoms with Crippen molar-refractivity contribution in [2.45, 2.75) is 50.2 Å². The summed E-state index contributed by atoms with van der Waals surface area (Å²) in [7, 11) is -2.99. The maximum atomic E-state index is 12.7. The molecule has 2 rings (SSSR count). The van der Waals surface area contributed by atoms with Gasteiger partial charge in [0.2, 0.25) is 5.91 Å². The summed E-state index contributed by atoms with van der Waals surface area (Å²) in [6.07, 6.45) is 8.94. The van der Waals surface area contributed by atoms with Crippen LogP contribution in [0.1, 0.15) is 44.9 Å². The minimum atomic E-state index is -2.99. The molecule has 2 fully saturated rings. The Kier molecular flexibility index (Phi) is 4.57. The summed E-state index contributed by atoms with van der Waals surface area (Å²) in [6, 6.07) is 0. The quantitative estimate of drug-likeness (QED) is 0.748. The van der Waals surface area contributed by atoms with Crippen LogP contribution in [0.2, 0.25) is 0 Å². The zero-order valence-corrected chi connectivity index (χ0v) is 13.1. The van der Waals surface area contributed by atoms with Crippen LogP contribution in [0.4, 0.5) is 0 Å². The summed E-state index contributed by atoms with van der Waals surface area (Å²) in [5.41, 5.74) is -0.229. The first-order chi connectivity index (χ1) is 9.39. The molecule has 5 heteroatoms. The molecule has 1 unspecified atom stereocenters. The molecule has 0 bridgehead atoms. The van der Waals surface area contributed by atoms with Crippen molar-refractivity contribution in [1.82, 2.24) is 4.90 Å². The van der Waals surface area contributed by atoms with E-state index in [4.69, 9.17) is 0 Å². The van der Waals surface area contributed by atoms with Gasteiger partial charge >= 0.3 is 0 Å². The van der Waals surface area contributed by atoms with Gasteiger partial charge in [-0.15, -0.1) is 6.58 Å². The fraction of sp³-hybridized carbons (Fsp3) is 0.800. The topological polar surface area (TPSA) is 54.5 Å². The molecular formula is C15H25NO3S. The normalized spacial score (nSPS) is 26.4. The molecule has 0 spiro atoms. The van der Waals surface area contributed by atoms with Crippen LogP contribution in [0.15, 0.2) is 12.7 Å². The Morgan fingerprint density at radius 2 is 2.00 bits per heavy atom. The highest BCUT2D eigenvalue weighted by atomic mass is 32.2. The fourth-order valence-electron chi connectivity index (χ4n) is 3.42. The van der Waals surface area contributed by atoms with E-state index in [0.717, 1.165) is 32.1 Å². The Balaban J connectivity index is 2.03. The summed E-state index contributed by atoms with van der Waals surface area (Å²) in [5.74, 6) is 0.220. The molecule has 0 radical (unpaired) electrons. The first-order valence-corrected chi connectivity index (χ1v) is 9.44. The molecule has 20 heavy (non-hydrogen) atoms. The minimum absolute atomic E-state index is 0.220. The number of amides is 1. The van der Waals surface area contributed by atoms with Gasteiger partial charge in [0.1, 0.15) is 9.84 Å². The van der Waals surface area contributed by atoms with Crippen LogP contribution >= 0.6 is 0 Å². The van der Waals surface area contributed by atoms with E-state index in [-0.39, 0.29) is 16.6 Å². The smallest absolute Gasteiger partial charge is 0.229 e. The Hall–Kier alpha value is -0.840. The van der Waals surface area contributed by atoms with Gasteiger partial charge in [-0.1, -0.05) is 12.5 Å². The number of hydrogen-bond donors (Lipinski definition) is 0. The van der Waals surface area contributed by atoms with Crippen molar-refractivity contribution < 1.29 is 13.2 Å². The summed E-state index contributed by atoms with van der Waals surface area (Å²) < 4.78 is 23.3. The minimum Gasteiger partial charge on any atom is -0.342 e. The first-order valence-electron chi connectivity index (χ1n) is 7.48. The molecule has 1 amide bonds. The number of hydrogen-bond acceptors (Lipinski definition) is 3. The third-order valence-electron chi connectivity index (χ3n) is 4.87. The molecule has 1 atom stereocenters. The van der Waals surface area contributed by atoms with Crippen molar-refractivity contribution in [2.75, 3.05) is 19.3 Å². The molecule has 1 aliphatic carbocycles. The number of nitrogens with zero attached hydrogens (tertiary/aromatic N) is 1. The molecule has 114 valence electrons. The van der Waals surface area contributed by atoms with E-state index in [1.807, 2.05) is 11.0 Å². The van der Waals surface area contributed by atoms with Crippen molar-refractivity contribution in [1.29, 1.82) is 0 Å². The highest BCUT2D eigenvalue weighted by molar-refractivity contribution is 7.91. The van der Waals surface area contributed by atoms with Gasteiger partial charge in [-0.3, -0.25) is 4.79 Å². The van der Waals surface area contributed by atoms with Gasteiger partial charge in [-0.05, 0) is 38.5 Å². The van der Waals surface area contributed by atoms with Crippen LogP contribution in [0.5, 0.6) is 0 Å². The lowest BCUT2D eigenvalue weighted by Crippen LogP contribution is -2.48. The van der Waals surface area contributed by atoms with E-state index >= 15 is 0 Å². The fourth-order valence-corrected chi connectivity index (χ4v) is 4.55. The number of likely N-dealkylation sites (tertiary alicyclic amines) is 1. The van der Waals surface area contributed by atoms with E-state index < -0.39 is 9.84 Å². The number of allylic oxidation sites excluding steroid dienone is 1. The van der Waals surface area contributed by atoms with E-state index in [2.05, 4.69) is 6.58 Å². The molecular weight excluding hydrogens is 274 g/mol. The maximum absolute atomic E-state index is 12.7. The largest absolute Gasteiger partial charge is 0.342 e. The number of sulfone groups is 1. The molecule has 1 heterocycles. The van der Waals surface area contributed by atoms with Crippen LogP contribution in [0, 0.1) is 5.41 Å². The predicted octanol–water partition coefficient (Wildman–Crippen LogP) is 2.16. The average molecular weight is 299 g/mol. The van der Waals surface area contributed by atoms with Gasteiger partial charge < -0.3 is 4.90 Å². The van der Waals surface area contributed by atoms with Gasteiger partial charge in [0.25, 0.3) is 0 Å². The molecule has 4 nitrogen and oxygen atoms in total. The van der Waals surface area contributed by atoms with Crippen molar-refractivity contribution in [2.24, 2.45) is 5.41 Å². The van der Waals surface area contributed by atoms with Gasteiger partial charge in [0, 0.05) is 19.3 Å². The molecule has 1 saturated carbocycles. The zero-order chi connectivity index (χ0) is 14.8. The van der Waals surface area contributed by atoms with Crippen LogP contribution in [0.3, 0.4) is 0 Å². The standard InChI is InChI=1S/C15H25NO3S/c1-3-8-15(9-5-10-15)14(17)16-11-4-6-13(7-12-16)20(2,18)19/h3,13H,1,4-12H2,2H3. The maximum Gasteiger partial charge on any atom is 0.229 e. The molecule has 0 N–H and O–H groups in total. The molecule has 0 aromatic heterocycles. The lowest BCUT2D eigenvalue weighted by molar-refractivity contribution is -0.147. The Morgan fingerprint density at radius 1 is 1.30 bits per heavy atom. The van der Waals surface area contributed by atoms with Gasteiger partial charge in [0.05, 0.1) is 10.7 Å². The van der Waals surface area contributed by atoms with E-state index in [9.17, 15) is 13.2 Å². The monoisotopic (exact) mass is 299 g/mol. The lowest BCUT2D eigenvalue weighted by atomic mass is 9.65. The van der Waals surface area contributed by atoms with Crippen molar-refractivity contribution in [3.05, 3.63) is 12.7 Å². The van der Waals surface area contributed by atoms with Crippen LogP contribution in [0.25, 0.3) is 0 Å². The van der Waals surface area contributed by atoms with Crippen LogP contribution in [-0.2, 0) is 14.6 Å². The summed E-state index contributed by atoms with van der Waals surface area (Å²) in [4.78, 5) is 14.6. The Labute approximate surface area is 122 Å². The second kappa shape index (κ2) is 5.88. The Morgan fingerprint density at radius 3 is 2.50 bits per heavy atom. The third kappa shape index (κ3) is 3.08. The summed E-state index contributed by atoms with van der Waals surface area (Å²) >= 11 is 0. The predicted molar refractivity (Wildman–Crippen MR) is 80.2 cm³/mol. The van der Waals surface area contributed by atoms with E-state index in [0.29, 0.717) is 25.9 Å². The summed E-state index contributed by atoms with van der Waals surface area (Å²) in [6.45, 7) is 5.04. The molecule has 0 aromatic rings. The van der Waals surface area contributed by atoms with Gasteiger partial charge in [-0.25, -0.2) is 8.42 Å². The SMILES string of the molecule is C=CCC1(C(=O)N2CCCC(S(C)(=O)=O)CC2)CCC1. The third-order valence-corrected chi connectivity index (χ3v) is 6.55. The molecule has 2 aliphatic rings. The number of rotatable bonds is 4. The molecule has 1 aliphatic heterocycles. The van der Waals surface area contributed by atoms with Crippen molar-refractivity contribution in [3.8, 4) is 0 Å².